The number of aromatic nitrogens is 1. The zero-order valence-electron chi connectivity index (χ0n) is 17.9. The Morgan fingerprint density at radius 2 is 1.86 bits per heavy atom. The molecule has 1 heterocycles. The number of guanidine groups is 1. The molecule has 0 spiro atoms. The number of benzene rings is 1. The lowest BCUT2D eigenvalue weighted by Crippen LogP contribution is -2.38. The van der Waals surface area contributed by atoms with Gasteiger partial charge >= 0.3 is 0 Å². The molecular weight excluding hydrogens is 374 g/mol. The standard InChI is InChI=1S/C20H31N5O2S/c1-8-21-19(22-11-16-13-28-20(23-16)24(3)4)25(5)12-15-10-18(27-7)17(26-6)9-14(15)2/h9-10,13H,8,11-12H2,1-7H3,(H,21,22). The van der Waals surface area contributed by atoms with E-state index < -0.39 is 0 Å². The lowest BCUT2D eigenvalue weighted by Gasteiger charge is -2.23. The van der Waals surface area contributed by atoms with Gasteiger partial charge in [0.2, 0.25) is 0 Å². The highest BCUT2D eigenvalue weighted by Crippen LogP contribution is 2.30. The first-order valence-corrected chi connectivity index (χ1v) is 10.1. The van der Waals surface area contributed by atoms with E-state index in [9.17, 15) is 0 Å². The van der Waals surface area contributed by atoms with Crippen LogP contribution in [-0.4, -0.2) is 57.8 Å². The summed E-state index contributed by atoms with van der Waals surface area (Å²) < 4.78 is 10.8. The van der Waals surface area contributed by atoms with Crippen molar-refractivity contribution in [3.05, 3.63) is 34.3 Å². The van der Waals surface area contributed by atoms with Crippen LogP contribution in [0.3, 0.4) is 0 Å². The van der Waals surface area contributed by atoms with Crippen molar-refractivity contribution in [2.75, 3.05) is 46.8 Å². The van der Waals surface area contributed by atoms with Crippen LogP contribution in [0.1, 0.15) is 23.7 Å². The predicted octanol–water partition coefficient (Wildman–Crippen LogP) is 3.13. The summed E-state index contributed by atoms with van der Waals surface area (Å²) in [5.74, 6) is 2.32. The zero-order valence-corrected chi connectivity index (χ0v) is 18.7. The first kappa shape index (κ1) is 21.8. The highest BCUT2D eigenvalue weighted by atomic mass is 32.1. The Kier molecular flexibility index (Phi) is 7.92. The van der Waals surface area contributed by atoms with Crippen LogP contribution in [0.5, 0.6) is 11.5 Å². The van der Waals surface area contributed by atoms with Gasteiger partial charge in [0.15, 0.2) is 22.6 Å². The molecule has 0 aliphatic heterocycles. The Balaban J connectivity index is 2.16. The Bertz CT molecular complexity index is 804. The summed E-state index contributed by atoms with van der Waals surface area (Å²) in [5, 5.41) is 6.40. The third-order valence-electron chi connectivity index (χ3n) is 4.26. The fraction of sp³-hybridized carbons (Fsp3) is 0.500. The Morgan fingerprint density at radius 3 is 2.43 bits per heavy atom. The van der Waals surface area contributed by atoms with E-state index in [1.165, 1.54) is 0 Å². The number of aliphatic imine (C=N–C) groups is 1. The Morgan fingerprint density at radius 1 is 1.18 bits per heavy atom. The van der Waals surface area contributed by atoms with E-state index in [-0.39, 0.29) is 0 Å². The van der Waals surface area contributed by atoms with Crippen LogP contribution in [0.4, 0.5) is 5.13 Å². The summed E-state index contributed by atoms with van der Waals surface area (Å²) in [6.45, 7) is 6.19. The maximum absolute atomic E-state index is 5.45. The molecule has 7 nitrogen and oxygen atoms in total. The van der Waals surface area contributed by atoms with Crippen LogP contribution in [0.15, 0.2) is 22.5 Å². The van der Waals surface area contributed by atoms with Crippen molar-refractivity contribution in [3.8, 4) is 11.5 Å². The number of ether oxygens (including phenoxy) is 2. The van der Waals surface area contributed by atoms with Crippen LogP contribution in [0, 0.1) is 6.92 Å². The summed E-state index contributed by atoms with van der Waals surface area (Å²) in [7, 11) is 9.33. The molecule has 154 valence electrons. The highest BCUT2D eigenvalue weighted by molar-refractivity contribution is 7.13. The maximum atomic E-state index is 5.45. The third kappa shape index (κ3) is 5.51. The molecule has 0 saturated heterocycles. The fourth-order valence-electron chi connectivity index (χ4n) is 2.72. The van der Waals surface area contributed by atoms with Crippen LogP contribution < -0.4 is 19.7 Å². The second kappa shape index (κ2) is 10.2. The van der Waals surface area contributed by atoms with Gasteiger partial charge in [-0.15, -0.1) is 11.3 Å². The first-order chi connectivity index (χ1) is 13.4. The number of hydrogen-bond acceptors (Lipinski definition) is 6. The van der Waals surface area contributed by atoms with Crippen molar-refractivity contribution in [2.24, 2.45) is 4.99 Å². The minimum absolute atomic E-state index is 0.544. The van der Waals surface area contributed by atoms with Gasteiger partial charge in [0, 0.05) is 39.6 Å². The van der Waals surface area contributed by atoms with E-state index in [1.807, 2.05) is 38.2 Å². The summed E-state index contributed by atoms with van der Waals surface area (Å²) in [6, 6.07) is 4.03. The van der Waals surface area contributed by atoms with Gasteiger partial charge in [-0.3, -0.25) is 0 Å². The average Bonchev–Trinajstić information content (AvgIpc) is 3.15. The van der Waals surface area contributed by atoms with Gasteiger partial charge in [0.05, 0.1) is 26.5 Å². The molecule has 0 atom stereocenters. The minimum atomic E-state index is 0.544. The van der Waals surface area contributed by atoms with Crippen LogP contribution in [0.2, 0.25) is 0 Å². The lowest BCUT2D eigenvalue weighted by molar-refractivity contribution is 0.353. The molecule has 1 N–H and O–H groups in total. The molecule has 8 heteroatoms. The zero-order chi connectivity index (χ0) is 20.7. The van der Waals surface area contributed by atoms with Crippen molar-refractivity contribution in [1.29, 1.82) is 0 Å². The minimum Gasteiger partial charge on any atom is -0.493 e. The van der Waals surface area contributed by atoms with Gasteiger partial charge in [0.1, 0.15) is 0 Å². The number of rotatable bonds is 8. The summed E-state index contributed by atoms with van der Waals surface area (Å²) in [5.41, 5.74) is 3.28. The van der Waals surface area contributed by atoms with Crippen LogP contribution in [0.25, 0.3) is 0 Å². The average molecular weight is 406 g/mol. The number of aryl methyl sites for hydroxylation is 1. The summed E-state index contributed by atoms with van der Waals surface area (Å²) in [6.07, 6.45) is 0. The molecule has 2 aromatic rings. The number of methoxy groups -OCH3 is 2. The third-order valence-corrected chi connectivity index (χ3v) is 5.32. The molecule has 0 aliphatic rings. The largest absolute Gasteiger partial charge is 0.493 e. The molecule has 0 aliphatic carbocycles. The topological polar surface area (TPSA) is 62.2 Å². The van der Waals surface area contributed by atoms with Crippen molar-refractivity contribution in [3.63, 3.8) is 0 Å². The molecule has 0 fully saturated rings. The number of nitrogens with zero attached hydrogens (tertiary/aromatic N) is 4. The first-order valence-electron chi connectivity index (χ1n) is 9.22. The van der Waals surface area contributed by atoms with E-state index in [4.69, 9.17) is 14.5 Å². The molecular formula is C20H31N5O2S. The lowest BCUT2D eigenvalue weighted by atomic mass is 10.1. The quantitative estimate of drug-likeness (QED) is 0.538. The van der Waals surface area contributed by atoms with Crippen LogP contribution >= 0.6 is 11.3 Å². The normalized spacial score (nSPS) is 11.3. The maximum Gasteiger partial charge on any atom is 0.194 e. The van der Waals surface area contributed by atoms with E-state index >= 15 is 0 Å². The molecule has 0 saturated carbocycles. The number of nitrogens with one attached hydrogen (secondary N) is 1. The molecule has 28 heavy (non-hydrogen) atoms. The number of anilines is 1. The molecule has 0 unspecified atom stereocenters. The fourth-order valence-corrected chi connectivity index (χ4v) is 3.47. The van der Waals surface area contributed by atoms with Gasteiger partial charge in [0.25, 0.3) is 0 Å². The summed E-state index contributed by atoms with van der Waals surface area (Å²) in [4.78, 5) is 13.5. The van der Waals surface area contributed by atoms with Crippen LogP contribution in [-0.2, 0) is 13.1 Å². The predicted molar refractivity (Wildman–Crippen MR) is 117 cm³/mol. The van der Waals surface area contributed by atoms with Gasteiger partial charge in [-0.1, -0.05) is 0 Å². The van der Waals surface area contributed by atoms with Gasteiger partial charge in [-0.25, -0.2) is 9.98 Å². The van der Waals surface area contributed by atoms with E-state index in [2.05, 4.69) is 34.4 Å². The number of hydrogen-bond donors (Lipinski definition) is 1. The van der Waals surface area contributed by atoms with Gasteiger partial charge in [-0.05, 0) is 37.1 Å². The van der Waals surface area contributed by atoms with Gasteiger partial charge in [-0.2, -0.15) is 0 Å². The molecule has 1 aromatic carbocycles. The van der Waals surface area contributed by atoms with E-state index in [1.54, 1.807) is 25.6 Å². The SMILES string of the molecule is CCNC(=NCc1csc(N(C)C)n1)N(C)Cc1cc(OC)c(OC)cc1C. The Hall–Kier alpha value is -2.48. The molecule has 0 radical (unpaired) electrons. The van der Waals surface area contributed by atoms with Crippen molar-refractivity contribution in [1.82, 2.24) is 15.2 Å². The van der Waals surface area contributed by atoms with Crippen molar-refractivity contribution in [2.45, 2.75) is 26.9 Å². The summed E-state index contributed by atoms with van der Waals surface area (Å²) >= 11 is 1.63. The monoisotopic (exact) mass is 405 g/mol. The second-order valence-corrected chi connectivity index (χ2v) is 7.51. The van der Waals surface area contributed by atoms with Gasteiger partial charge < -0.3 is 24.6 Å². The van der Waals surface area contributed by atoms with Crippen molar-refractivity contribution < 1.29 is 9.47 Å². The molecule has 2 rings (SSSR count). The van der Waals surface area contributed by atoms with E-state index in [0.717, 1.165) is 46.0 Å². The molecule has 0 bridgehead atoms. The Labute approximate surface area is 172 Å². The highest BCUT2D eigenvalue weighted by Gasteiger charge is 2.13. The smallest absolute Gasteiger partial charge is 0.194 e. The van der Waals surface area contributed by atoms with E-state index in [0.29, 0.717) is 13.1 Å². The number of thiazole rings is 1. The second-order valence-electron chi connectivity index (χ2n) is 6.68. The van der Waals surface area contributed by atoms with Crippen molar-refractivity contribution >= 4 is 22.4 Å². The molecule has 1 aromatic heterocycles. The molecule has 0 amide bonds.